The Bertz CT molecular complexity index is 881. The maximum Gasteiger partial charge on any atom is 0.409 e. The smallest absolute Gasteiger partial charge is 0.409 e. The summed E-state index contributed by atoms with van der Waals surface area (Å²) in [4.78, 5) is 31.0. The summed E-state index contributed by atoms with van der Waals surface area (Å²) in [5, 5.41) is 0. The molecule has 2 aromatic carbocycles. The molecule has 0 aromatic heterocycles. The number of anilines is 1. The summed E-state index contributed by atoms with van der Waals surface area (Å²) in [6, 6.07) is 17.5. The van der Waals surface area contributed by atoms with Crippen molar-refractivity contribution in [3.05, 3.63) is 60.2 Å². The Balaban J connectivity index is 1.49. The van der Waals surface area contributed by atoms with Crippen molar-refractivity contribution in [2.24, 2.45) is 0 Å². The van der Waals surface area contributed by atoms with Crippen LogP contribution >= 0.6 is 0 Å². The van der Waals surface area contributed by atoms with Gasteiger partial charge < -0.3 is 14.4 Å². The van der Waals surface area contributed by atoms with Crippen molar-refractivity contribution in [2.45, 2.75) is 13.0 Å². The average Bonchev–Trinajstić information content (AvgIpc) is 2.79. The van der Waals surface area contributed by atoms with Crippen molar-refractivity contribution < 1.29 is 19.1 Å². The molecular formula is C23H27N3O4. The first-order valence-corrected chi connectivity index (χ1v) is 10.4. The van der Waals surface area contributed by atoms with E-state index < -0.39 is 0 Å². The SMILES string of the molecule is CCOC(=O)N1CCN(CC(=O)N2c3ccccc3OC[C@@H]2c2ccccc2)CC1. The summed E-state index contributed by atoms with van der Waals surface area (Å²) in [6.07, 6.45) is -0.283. The highest BCUT2D eigenvalue weighted by Crippen LogP contribution is 2.39. The fourth-order valence-corrected chi connectivity index (χ4v) is 3.99. The summed E-state index contributed by atoms with van der Waals surface area (Å²) < 4.78 is 11.0. The number of ether oxygens (including phenoxy) is 2. The molecule has 158 valence electrons. The van der Waals surface area contributed by atoms with Crippen molar-refractivity contribution in [1.82, 2.24) is 9.80 Å². The molecule has 2 aromatic rings. The lowest BCUT2D eigenvalue weighted by Gasteiger charge is -2.39. The highest BCUT2D eigenvalue weighted by molar-refractivity contribution is 5.97. The number of carbonyl (C=O) groups is 2. The van der Waals surface area contributed by atoms with Crippen LogP contribution in [0.1, 0.15) is 18.5 Å². The number of fused-ring (bicyclic) bond motifs is 1. The molecule has 30 heavy (non-hydrogen) atoms. The molecule has 1 atom stereocenters. The molecule has 2 aliphatic heterocycles. The Morgan fingerprint density at radius 1 is 1.00 bits per heavy atom. The van der Waals surface area contributed by atoms with Crippen LogP contribution in [-0.4, -0.2) is 67.7 Å². The molecule has 7 heteroatoms. The summed E-state index contributed by atoms with van der Waals surface area (Å²) in [5.74, 6) is 0.759. The second-order valence-corrected chi connectivity index (χ2v) is 7.43. The van der Waals surface area contributed by atoms with Gasteiger partial charge in [0.2, 0.25) is 5.91 Å². The third-order valence-electron chi connectivity index (χ3n) is 5.54. The van der Waals surface area contributed by atoms with Gasteiger partial charge in [0.15, 0.2) is 0 Å². The molecule has 2 aliphatic rings. The molecule has 0 radical (unpaired) electrons. The third-order valence-corrected chi connectivity index (χ3v) is 5.54. The number of amides is 2. The minimum Gasteiger partial charge on any atom is -0.489 e. The molecular weight excluding hydrogens is 382 g/mol. The van der Waals surface area contributed by atoms with Crippen molar-refractivity contribution in [3.63, 3.8) is 0 Å². The maximum atomic E-state index is 13.5. The van der Waals surface area contributed by atoms with Crippen LogP contribution in [0.15, 0.2) is 54.6 Å². The van der Waals surface area contributed by atoms with E-state index in [9.17, 15) is 9.59 Å². The number of hydrogen-bond acceptors (Lipinski definition) is 5. The Kier molecular flexibility index (Phi) is 6.18. The van der Waals surface area contributed by atoms with E-state index >= 15 is 0 Å². The molecule has 0 saturated carbocycles. The molecule has 1 fully saturated rings. The standard InChI is InChI=1S/C23H27N3O4/c1-2-29-23(28)25-14-12-24(13-15-25)16-22(27)26-19-10-6-7-11-21(19)30-17-20(26)18-8-4-3-5-9-18/h3-11,20H,2,12-17H2,1H3/t20-/m1/s1. The lowest BCUT2D eigenvalue weighted by Crippen LogP contribution is -2.52. The Morgan fingerprint density at radius 2 is 1.70 bits per heavy atom. The molecule has 7 nitrogen and oxygen atoms in total. The van der Waals surface area contributed by atoms with Gasteiger partial charge in [-0.1, -0.05) is 42.5 Å². The van der Waals surface area contributed by atoms with Gasteiger partial charge >= 0.3 is 6.09 Å². The summed E-state index contributed by atoms with van der Waals surface area (Å²) >= 11 is 0. The zero-order valence-corrected chi connectivity index (χ0v) is 17.2. The van der Waals surface area contributed by atoms with Crippen molar-refractivity contribution >= 4 is 17.7 Å². The lowest BCUT2D eigenvalue weighted by atomic mass is 10.0. The monoisotopic (exact) mass is 409 g/mol. The number of nitrogens with zero attached hydrogens (tertiary/aromatic N) is 3. The van der Waals surface area contributed by atoms with E-state index in [0.717, 1.165) is 17.0 Å². The van der Waals surface area contributed by atoms with Gasteiger partial charge in [0.25, 0.3) is 0 Å². The van der Waals surface area contributed by atoms with E-state index in [1.807, 2.05) is 59.5 Å². The van der Waals surface area contributed by atoms with Crippen LogP contribution < -0.4 is 9.64 Å². The van der Waals surface area contributed by atoms with E-state index in [2.05, 4.69) is 4.90 Å². The Labute approximate surface area is 176 Å². The molecule has 0 N–H and O–H groups in total. The molecule has 2 amide bonds. The highest BCUT2D eigenvalue weighted by atomic mass is 16.6. The van der Waals surface area contributed by atoms with Crippen molar-refractivity contribution in [1.29, 1.82) is 0 Å². The van der Waals surface area contributed by atoms with E-state index in [-0.39, 0.29) is 18.0 Å². The van der Waals surface area contributed by atoms with Crippen molar-refractivity contribution in [3.8, 4) is 5.75 Å². The maximum absolute atomic E-state index is 13.5. The van der Waals surface area contributed by atoms with E-state index in [1.54, 1.807) is 11.8 Å². The van der Waals surface area contributed by atoms with Gasteiger partial charge in [0.1, 0.15) is 12.4 Å². The fraction of sp³-hybridized carbons (Fsp3) is 0.391. The number of carbonyl (C=O) groups excluding carboxylic acids is 2. The lowest BCUT2D eigenvalue weighted by molar-refractivity contribution is -0.121. The van der Waals surface area contributed by atoms with Crippen LogP contribution in [0.5, 0.6) is 5.75 Å². The van der Waals surface area contributed by atoms with Gasteiger partial charge in [-0.3, -0.25) is 14.6 Å². The van der Waals surface area contributed by atoms with Gasteiger partial charge in [-0.05, 0) is 24.6 Å². The minimum atomic E-state index is -0.283. The third kappa shape index (κ3) is 4.26. The summed E-state index contributed by atoms with van der Waals surface area (Å²) in [7, 11) is 0. The Hall–Kier alpha value is -3.06. The molecule has 0 unspecified atom stereocenters. The van der Waals surface area contributed by atoms with E-state index in [0.29, 0.717) is 45.9 Å². The number of benzene rings is 2. The van der Waals surface area contributed by atoms with Crippen LogP contribution in [-0.2, 0) is 9.53 Å². The molecule has 1 saturated heterocycles. The molecule has 0 aliphatic carbocycles. The normalized spacial score (nSPS) is 19.0. The van der Waals surface area contributed by atoms with Gasteiger partial charge in [0.05, 0.1) is 24.9 Å². The zero-order valence-electron chi connectivity index (χ0n) is 17.2. The number of rotatable bonds is 4. The zero-order chi connectivity index (χ0) is 20.9. The van der Waals surface area contributed by atoms with Crippen LogP contribution in [0, 0.1) is 0 Å². The first kappa shape index (κ1) is 20.2. The first-order valence-electron chi connectivity index (χ1n) is 10.4. The number of piperazine rings is 1. The predicted octanol–water partition coefficient (Wildman–Crippen LogP) is 2.93. The van der Waals surface area contributed by atoms with Gasteiger partial charge in [-0.25, -0.2) is 4.79 Å². The quantitative estimate of drug-likeness (QED) is 0.777. The van der Waals surface area contributed by atoms with Crippen LogP contribution in [0.25, 0.3) is 0 Å². The minimum absolute atomic E-state index is 0.0317. The van der Waals surface area contributed by atoms with Crippen LogP contribution in [0.3, 0.4) is 0 Å². The van der Waals surface area contributed by atoms with Gasteiger partial charge in [-0.15, -0.1) is 0 Å². The highest BCUT2D eigenvalue weighted by Gasteiger charge is 2.34. The number of hydrogen-bond donors (Lipinski definition) is 0. The molecule has 0 spiro atoms. The van der Waals surface area contributed by atoms with Crippen molar-refractivity contribution in [2.75, 3.05) is 50.8 Å². The van der Waals surface area contributed by atoms with E-state index in [1.165, 1.54) is 0 Å². The second kappa shape index (κ2) is 9.17. The van der Waals surface area contributed by atoms with Crippen LogP contribution in [0.4, 0.5) is 10.5 Å². The van der Waals surface area contributed by atoms with E-state index in [4.69, 9.17) is 9.47 Å². The number of para-hydroxylation sites is 2. The largest absolute Gasteiger partial charge is 0.489 e. The molecule has 4 rings (SSSR count). The predicted molar refractivity (Wildman–Crippen MR) is 114 cm³/mol. The fourth-order valence-electron chi connectivity index (χ4n) is 3.99. The first-order chi connectivity index (χ1) is 14.7. The van der Waals surface area contributed by atoms with Gasteiger partial charge in [-0.2, -0.15) is 0 Å². The Morgan fingerprint density at radius 3 is 2.43 bits per heavy atom. The van der Waals surface area contributed by atoms with Crippen LogP contribution in [0.2, 0.25) is 0 Å². The van der Waals surface area contributed by atoms with Gasteiger partial charge in [0, 0.05) is 26.2 Å². The summed E-state index contributed by atoms with van der Waals surface area (Å²) in [5.41, 5.74) is 1.85. The molecule has 0 bridgehead atoms. The molecule has 2 heterocycles. The topological polar surface area (TPSA) is 62.3 Å². The second-order valence-electron chi connectivity index (χ2n) is 7.43. The average molecular weight is 409 g/mol. The summed E-state index contributed by atoms with van der Waals surface area (Å²) in [6.45, 7) is 5.31.